The molecule has 1 aliphatic carbocycles. The summed E-state index contributed by atoms with van der Waals surface area (Å²) >= 11 is 5.46. The predicted octanol–water partition coefficient (Wildman–Crippen LogP) is 4.16. The SMILES string of the molecule is Cc1ccc(C)c([C@H](C)NC(=S)NC2CCCCC2)c1. The lowest BCUT2D eigenvalue weighted by atomic mass is 9.96. The van der Waals surface area contributed by atoms with Gasteiger partial charge in [0, 0.05) is 6.04 Å². The molecule has 0 radical (unpaired) electrons. The van der Waals surface area contributed by atoms with E-state index in [0.717, 1.165) is 5.11 Å². The first-order chi connectivity index (χ1) is 9.56. The fourth-order valence-corrected chi connectivity index (χ4v) is 3.32. The van der Waals surface area contributed by atoms with Gasteiger partial charge in [-0.3, -0.25) is 0 Å². The van der Waals surface area contributed by atoms with Crippen molar-refractivity contribution in [2.45, 2.75) is 65.0 Å². The van der Waals surface area contributed by atoms with Crippen molar-refractivity contribution in [1.29, 1.82) is 0 Å². The highest BCUT2D eigenvalue weighted by Crippen LogP contribution is 2.20. The molecule has 1 aliphatic rings. The molecule has 0 heterocycles. The zero-order valence-electron chi connectivity index (χ0n) is 12.8. The van der Waals surface area contributed by atoms with Crippen LogP contribution in [0.1, 0.15) is 61.8 Å². The van der Waals surface area contributed by atoms with Crippen LogP contribution in [0.5, 0.6) is 0 Å². The Morgan fingerprint density at radius 2 is 1.90 bits per heavy atom. The van der Waals surface area contributed by atoms with Gasteiger partial charge in [-0.15, -0.1) is 0 Å². The van der Waals surface area contributed by atoms with Crippen LogP contribution in [0.25, 0.3) is 0 Å². The van der Waals surface area contributed by atoms with Crippen molar-refractivity contribution >= 4 is 17.3 Å². The lowest BCUT2D eigenvalue weighted by Gasteiger charge is -2.26. The number of thiocarbonyl (C=S) groups is 1. The smallest absolute Gasteiger partial charge is 0.166 e. The summed E-state index contributed by atoms with van der Waals surface area (Å²) in [6.07, 6.45) is 6.52. The van der Waals surface area contributed by atoms with Crippen molar-refractivity contribution in [2.75, 3.05) is 0 Å². The maximum absolute atomic E-state index is 5.46. The minimum absolute atomic E-state index is 0.249. The van der Waals surface area contributed by atoms with E-state index in [1.165, 1.54) is 48.8 Å². The van der Waals surface area contributed by atoms with E-state index >= 15 is 0 Å². The Balaban J connectivity index is 1.91. The van der Waals surface area contributed by atoms with Gasteiger partial charge < -0.3 is 10.6 Å². The van der Waals surface area contributed by atoms with Crippen molar-refractivity contribution in [2.24, 2.45) is 0 Å². The van der Waals surface area contributed by atoms with Gasteiger partial charge in [0.25, 0.3) is 0 Å². The quantitative estimate of drug-likeness (QED) is 0.817. The van der Waals surface area contributed by atoms with E-state index in [2.05, 4.69) is 49.6 Å². The van der Waals surface area contributed by atoms with E-state index in [-0.39, 0.29) is 6.04 Å². The minimum Gasteiger partial charge on any atom is -0.360 e. The summed E-state index contributed by atoms with van der Waals surface area (Å²) in [5.41, 5.74) is 3.94. The number of benzene rings is 1. The van der Waals surface area contributed by atoms with E-state index in [1.807, 2.05) is 0 Å². The van der Waals surface area contributed by atoms with Crippen LogP contribution < -0.4 is 10.6 Å². The summed E-state index contributed by atoms with van der Waals surface area (Å²) in [5.74, 6) is 0. The van der Waals surface area contributed by atoms with Gasteiger partial charge in [-0.2, -0.15) is 0 Å². The van der Waals surface area contributed by atoms with Gasteiger partial charge in [0.1, 0.15) is 0 Å². The normalized spacial score (nSPS) is 17.6. The molecule has 1 aromatic carbocycles. The second-order valence-electron chi connectivity index (χ2n) is 6.03. The fourth-order valence-electron chi connectivity index (χ4n) is 2.97. The van der Waals surface area contributed by atoms with E-state index in [1.54, 1.807) is 0 Å². The number of nitrogens with one attached hydrogen (secondary N) is 2. The first-order valence-corrected chi connectivity index (χ1v) is 8.11. The molecule has 1 aromatic rings. The van der Waals surface area contributed by atoms with Crippen LogP contribution in [0.15, 0.2) is 18.2 Å². The monoisotopic (exact) mass is 290 g/mol. The fraction of sp³-hybridized carbons (Fsp3) is 0.588. The Labute approximate surface area is 128 Å². The second-order valence-corrected chi connectivity index (χ2v) is 6.44. The highest BCUT2D eigenvalue weighted by molar-refractivity contribution is 7.80. The van der Waals surface area contributed by atoms with E-state index < -0.39 is 0 Å². The van der Waals surface area contributed by atoms with Crippen LogP contribution in [0.3, 0.4) is 0 Å². The Bertz CT molecular complexity index is 464. The van der Waals surface area contributed by atoms with E-state index in [4.69, 9.17) is 12.2 Å². The van der Waals surface area contributed by atoms with Crippen LogP contribution in [0.2, 0.25) is 0 Å². The van der Waals surface area contributed by atoms with Crippen LogP contribution >= 0.6 is 12.2 Å². The first kappa shape index (κ1) is 15.3. The standard InChI is InChI=1S/C17H26N2S/c1-12-9-10-13(2)16(11-12)14(3)18-17(20)19-15-7-5-4-6-8-15/h9-11,14-15H,4-8H2,1-3H3,(H2,18,19,20)/t14-/m0/s1. The van der Waals surface area contributed by atoms with Crippen LogP contribution in [-0.4, -0.2) is 11.2 Å². The zero-order chi connectivity index (χ0) is 14.5. The molecule has 0 unspecified atom stereocenters. The van der Waals surface area contributed by atoms with Gasteiger partial charge in [-0.25, -0.2) is 0 Å². The molecule has 110 valence electrons. The van der Waals surface area contributed by atoms with Gasteiger partial charge in [-0.1, -0.05) is 43.0 Å². The predicted molar refractivity (Wildman–Crippen MR) is 90.1 cm³/mol. The first-order valence-electron chi connectivity index (χ1n) is 7.70. The third-order valence-corrected chi connectivity index (χ3v) is 4.42. The molecule has 0 aliphatic heterocycles. The molecule has 0 bridgehead atoms. The second kappa shape index (κ2) is 7.07. The summed E-state index contributed by atoms with van der Waals surface area (Å²) < 4.78 is 0. The Morgan fingerprint density at radius 3 is 2.60 bits per heavy atom. The summed E-state index contributed by atoms with van der Waals surface area (Å²) in [5, 5.41) is 7.70. The molecule has 1 atom stereocenters. The summed E-state index contributed by atoms with van der Waals surface area (Å²) in [6, 6.07) is 7.40. The third-order valence-electron chi connectivity index (χ3n) is 4.19. The lowest BCUT2D eigenvalue weighted by Crippen LogP contribution is -2.43. The molecule has 3 heteroatoms. The Morgan fingerprint density at radius 1 is 1.20 bits per heavy atom. The van der Waals surface area contributed by atoms with Crippen molar-refractivity contribution < 1.29 is 0 Å². The molecule has 0 amide bonds. The molecule has 2 nitrogen and oxygen atoms in total. The van der Waals surface area contributed by atoms with Crippen LogP contribution in [-0.2, 0) is 0 Å². The minimum atomic E-state index is 0.249. The average molecular weight is 290 g/mol. The number of aryl methyl sites for hydroxylation is 2. The van der Waals surface area contributed by atoms with Gasteiger partial charge >= 0.3 is 0 Å². The Kier molecular flexibility index (Phi) is 5.41. The largest absolute Gasteiger partial charge is 0.360 e. The summed E-state index contributed by atoms with van der Waals surface area (Å²) in [7, 11) is 0. The highest BCUT2D eigenvalue weighted by atomic mass is 32.1. The van der Waals surface area contributed by atoms with Crippen molar-refractivity contribution in [3.05, 3.63) is 34.9 Å². The molecule has 2 rings (SSSR count). The zero-order valence-corrected chi connectivity index (χ0v) is 13.6. The van der Waals surface area contributed by atoms with Crippen LogP contribution in [0.4, 0.5) is 0 Å². The van der Waals surface area contributed by atoms with Gasteiger partial charge in [-0.05, 0) is 57.0 Å². The molecule has 1 saturated carbocycles. The summed E-state index contributed by atoms with van der Waals surface area (Å²) in [4.78, 5) is 0. The molecule has 20 heavy (non-hydrogen) atoms. The maximum Gasteiger partial charge on any atom is 0.166 e. The van der Waals surface area contributed by atoms with Crippen molar-refractivity contribution in [1.82, 2.24) is 10.6 Å². The molecule has 0 aromatic heterocycles. The van der Waals surface area contributed by atoms with E-state index in [9.17, 15) is 0 Å². The molecule has 1 fully saturated rings. The van der Waals surface area contributed by atoms with Gasteiger partial charge in [0.05, 0.1) is 6.04 Å². The Hall–Kier alpha value is -1.09. The maximum atomic E-state index is 5.46. The molecular formula is C17H26N2S. The molecule has 0 spiro atoms. The summed E-state index contributed by atoms with van der Waals surface area (Å²) in [6.45, 7) is 6.47. The highest BCUT2D eigenvalue weighted by Gasteiger charge is 2.15. The van der Waals surface area contributed by atoms with Gasteiger partial charge in [0.15, 0.2) is 5.11 Å². The van der Waals surface area contributed by atoms with Crippen molar-refractivity contribution in [3.8, 4) is 0 Å². The lowest BCUT2D eigenvalue weighted by molar-refractivity contribution is 0.411. The van der Waals surface area contributed by atoms with Crippen molar-refractivity contribution in [3.63, 3.8) is 0 Å². The molecule has 0 saturated heterocycles. The molecule has 2 N–H and O–H groups in total. The molecular weight excluding hydrogens is 264 g/mol. The number of hydrogen-bond acceptors (Lipinski definition) is 1. The van der Waals surface area contributed by atoms with Gasteiger partial charge in [0.2, 0.25) is 0 Å². The topological polar surface area (TPSA) is 24.1 Å². The average Bonchev–Trinajstić information content (AvgIpc) is 2.42. The number of hydrogen-bond donors (Lipinski definition) is 2. The third kappa shape index (κ3) is 4.20. The van der Waals surface area contributed by atoms with E-state index in [0.29, 0.717) is 6.04 Å². The number of rotatable bonds is 3. The van der Waals surface area contributed by atoms with Crippen LogP contribution in [0, 0.1) is 13.8 Å².